The molecule has 0 aliphatic carbocycles. The highest BCUT2D eigenvalue weighted by atomic mass is 16.4. The molecule has 0 bridgehead atoms. The highest BCUT2D eigenvalue weighted by molar-refractivity contribution is 5.66. The van der Waals surface area contributed by atoms with Crippen LogP contribution in [0.15, 0.2) is 0 Å². The van der Waals surface area contributed by atoms with Crippen molar-refractivity contribution in [2.24, 2.45) is 5.92 Å². The van der Waals surface area contributed by atoms with E-state index in [1.165, 1.54) is 0 Å². The van der Waals surface area contributed by atoms with Gasteiger partial charge in [-0.05, 0) is 38.8 Å². The molecule has 5 heteroatoms. The normalized spacial score (nSPS) is 26.0. The molecule has 5 nitrogen and oxygen atoms in total. The van der Waals surface area contributed by atoms with Gasteiger partial charge in [0.15, 0.2) is 0 Å². The van der Waals surface area contributed by atoms with Crippen LogP contribution in [0, 0.1) is 5.92 Å². The Balaban J connectivity index is 2.28. The number of likely N-dealkylation sites (N-methyl/N-ethyl adjacent to an activating group) is 1. The topological polar surface area (TPSA) is 72.8 Å². The molecule has 100 valence electrons. The molecule has 0 aromatic rings. The molecule has 3 N–H and O–H groups in total. The van der Waals surface area contributed by atoms with Crippen LogP contribution < -0.4 is 5.32 Å². The summed E-state index contributed by atoms with van der Waals surface area (Å²) in [6, 6.07) is 0.430. The lowest BCUT2D eigenvalue weighted by Gasteiger charge is -2.36. The monoisotopic (exact) mass is 244 g/mol. The fourth-order valence-corrected chi connectivity index (χ4v) is 2.51. The highest BCUT2D eigenvalue weighted by Crippen LogP contribution is 2.20. The van der Waals surface area contributed by atoms with Crippen LogP contribution in [0.5, 0.6) is 0 Å². The molecule has 1 saturated heterocycles. The first kappa shape index (κ1) is 14.4. The number of aliphatic hydroxyl groups is 1. The summed E-state index contributed by atoms with van der Waals surface area (Å²) >= 11 is 0. The van der Waals surface area contributed by atoms with E-state index in [4.69, 9.17) is 10.2 Å². The Hall–Kier alpha value is -0.650. The lowest BCUT2D eigenvalue weighted by atomic mass is 9.90. The summed E-state index contributed by atoms with van der Waals surface area (Å²) in [5, 5.41) is 20.8. The van der Waals surface area contributed by atoms with Crippen molar-refractivity contribution in [3.05, 3.63) is 0 Å². The number of aliphatic hydroxyl groups excluding tert-OH is 1. The van der Waals surface area contributed by atoms with E-state index in [0.717, 1.165) is 38.9 Å². The summed E-state index contributed by atoms with van der Waals surface area (Å²) in [6.07, 6.45) is 2.85. The van der Waals surface area contributed by atoms with Crippen molar-refractivity contribution in [3.63, 3.8) is 0 Å². The van der Waals surface area contributed by atoms with Crippen molar-refractivity contribution in [3.8, 4) is 0 Å². The van der Waals surface area contributed by atoms with Crippen molar-refractivity contribution in [1.82, 2.24) is 10.2 Å². The van der Waals surface area contributed by atoms with Crippen molar-refractivity contribution < 1.29 is 15.0 Å². The van der Waals surface area contributed by atoms with Crippen LogP contribution in [0.25, 0.3) is 0 Å². The van der Waals surface area contributed by atoms with E-state index in [1.807, 2.05) is 0 Å². The van der Waals surface area contributed by atoms with Crippen molar-refractivity contribution in [1.29, 1.82) is 0 Å². The molecular formula is C12H24N2O3. The molecule has 2 unspecified atom stereocenters. The number of rotatable bonds is 7. The number of likely N-dealkylation sites (tertiary alicyclic amines) is 1. The second kappa shape index (κ2) is 7.63. The van der Waals surface area contributed by atoms with Crippen LogP contribution in [-0.4, -0.2) is 60.4 Å². The molecule has 2 atom stereocenters. The summed E-state index contributed by atoms with van der Waals surface area (Å²) in [4.78, 5) is 12.8. The summed E-state index contributed by atoms with van der Waals surface area (Å²) < 4.78 is 0. The zero-order valence-electron chi connectivity index (χ0n) is 10.6. The lowest BCUT2D eigenvalue weighted by Crippen LogP contribution is -2.48. The molecule has 1 fully saturated rings. The van der Waals surface area contributed by atoms with Crippen LogP contribution >= 0.6 is 0 Å². The SMILES string of the molecule is CN1CC(CCC(=O)O)CC(NCCCO)C1. The fourth-order valence-electron chi connectivity index (χ4n) is 2.51. The maximum absolute atomic E-state index is 10.6. The second-order valence-corrected chi connectivity index (χ2v) is 4.98. The molecule has 0 aromatic carbocycles. The van der Waals surface area contributed by atoms with E-state index < -0.39 is 5.97 Å². The van der Waals surface area contributed by atoms with Crippen LogP contribution in [-0.2, 0) is 4.79 Å². The van der Waals surface area contributed by atoms with E-state index in [-0.39, 0.29) is 13.0 Å². The average Bonchev–Trinajstić information content (AvgIpc) is 2.26. The molecule has 1 aliphatic heterocycles. The van der Waals surface area contributed by atoms with Gasteiger partial charge in [-0.1, -0.05) is 0 Å². The largest absolute Gasteiger partial charge is 0.481 e. The van der Waals surface area contributed by atoms with Gasteiger partial charge in [0.2, 0.25) is 0 Å². The predicted octanol–water partition coefficient (Wildman–Crippen LogP) is 0.144. The van der Waals surface area contributed by atoms with Gasteiger partial charge in [-0.15, -0.1) is 0 Å². The van der Waals surface area contributed by atoms with Crippen LogP contribution in [0.3, 0.4) is 0 Å². The maximum Gasteiger partial charge on any atom is 0.303 e. The van der Waals surface area contributed by atoms with E-state index in [2.05, 4.69) is 17.3 Å². The molecule has 0 aromatic heterocycles. The summed E-state index contributed by atoms with van der Waals surface area (Å²) in [5.74, 6) is -0.237. The fraction of sp³-hybridized carbons (Fsp3) is 0.917. The van der Waals surface area contributed by atoms with Crippen molar-refractivity contribution in [2.75, 3.05) is 33.3 Å². The lowest BCUT2D eigenvalue weighted by molar-refractivity contribution is -0.137. The second-order valence-electron chi connectivity index (χ2n) is 4.98. The third-order valence-electron chi connectivity index (χ3n) is 3.25. The average molecular weight is 244 g/mol. The third-order valence-corrected chi connectivity index (χ3v) is 3.25. The van der Waals surface area contributed by atoms with Gasteiger partial charge in [-0.3, -0.25) is 4.79 Å². The van der Waals surface area contributed by atoms with E-state index >= 15 is 0 Å². The molecule has 1 heterocycles. The minimum Gasteiger partial charge on any atom is -0.481 e. The first-order valence-electron chi connectivity index (χ1n) is 6.36. The van der Waals surface area contributed by atoms with Crippen molar-refractivity contribution in [2.45, 2.75) is 31.7 Å². The van der Waals surface area contributed by atoms with Gasteiger partial charge in [-0.2, -0.15) is 0 Å². The Morgan fingerprint density at radius 2 is 2.24 bits per heavy atom. The first-order chi connectivity index (χ1) is 8.11. The summed E-state index contributed by atoms with van der Waals surface area (Å²) in [6.45, 7) is 3.05. The van der Waals surface area contributed by atoms with E-state index in [9.17, 15) is 4.79 Å². The molecule has 1 aliphatic rings. The van der Waals surface area contributed by atoms with Gasteiger partial charge in [0, 0.05) is 32.2 Å². The van der Waals surface area contributed by atoms with Crippen LogP contribution in [0.4, 0.5) is 0 Å². The van der Waals surface area contributed by atoms with Gasteiger partial charge >= 0.3 is 5.97 Å². The minimum atomic E-state index is -0.706. The van der Waals surface area contributed by atoms with E-state index in [0.29, 0.717) is 12.0 Å². The van der Waals surface area contributed by atoms with Crippen LogP contribution in [0.1, 0.15) is 25.7 Å². The number of carboxylic acid groups (broad SMARTS) is 1. The van der Waals surface area contributed by atoms with Gasteiger partial charge in [0.25, 0.3) is 0 Å². The minimum absolute atomic E-state index is 0.220. The summed E-state index contributed by atoms with van der Waals surface area (Å²) in [5.41, 5.74) is 0. The molecule has 0 radical (unpaired) electrons. The third kappa shape index (κ3) is 6.00. The number of nitrogens with one attached hydrogen (secondary N) is 1. The number of hydrogen-bond acceptors (Lipinski definition) is 4. The molecule has 0 saturated carbocycles. The Morgan fingerprint density at radius 1 is 1.47 bits per heavy atom. The smallest absolute Gasteiger partial charge is 0.303 e. The molecule has 0 spiro atoms. The molecule has 1 rings (SSSR count). The van der Waals surface area contributed by atoms with Crippen LogP contribution in [0.2, 0.25) is 0 Å². The zero-order chi connectivity index (χ0) is 12.7. The number of piperidine rings is 1. The number of carbonyl (C=O) groups is 1. The molecular weight excluding hydrogens is 220 g/mol. The van der Waals surface area contributed by atoms with Gasteiger partial charge in [-0.25, -0.2) is 0 Å². The van der Waals surface area contributed by atoms with Crippen molar-refractivity contribution >= 4 is 5.97 Å². The Labute approximate surface area is 103 Å². The number of carboxylic acids is 1. The number of nitrogens with zero attached hydrogens (tertiary/aromatic N) is 1. The zero-order valence-corrected chi connectivity index (χ0v) is 10.6. The molecule has 0 amide bonds. The maximum atomic E-state index is 10.6. The van der Waals surface area contributed by atoms with E-state index in [1.54, 1.807) is 0 Å². The molecule has 17 heavy (non-hydrogen) atoms. The quantitative estimate of drug-likeness (QED) is 0.556. The highest BCUT2D eigenvalue weighted by Gasteiger charge is 2.24. The first-order valence-corrected chi connectivity index (χ1v) is 6.36. The predicted molar refractivity (Wildman–Crippen MR) is 66.0 cm³/mol. The van der Waals surface area contributed by atoms with Gasteiger partial charge < -0.3 is 20.4 Å². The van der Waals surface area contributed by atoms with Gasteiger partial charge in [0.05, 0.1) is 0 Å². The standard InChI is InChI=1S/C12H24N2O3/c1-14-8-10(3-4-12(16)17)7-11(9-14)13-5-2-6-15/h10-11,13,15H,2-9H2,1H3,(H,16,17). The number of aliphatic carboxylic acids is 1. The Kier molecular flexibility index (Phi) is 6.47. The summed E-state index contributed by atoms with van der Waals surface area (Å²) in [7, 11) is 2.08. The Bertz CT molecular complexity index is 236. The van der Waals surface area contributed by atoms with Gasteiger partial charge in [0.1, 0.15) is 0 Å². The number of hydrogen-bond donors (Lipinski definition) is 3. The Morgan fingerprint density at radius 3 is 2.88 bits per heavy atom.